The molecule has 1 unspecified atom stereocenters. The van der Waals surface area contributed by atoms with Gasteiger partial charge in [0.05, 0.1) is 5.56 Å². The number of phenolic OH excluding ortho intramolecular Hbond substituents is 1. The Labute approximate surface area is 247 Å². The van der Waals surface area contributed by atoms with Crippen molar-refractivity contribution in [3.05, 3.63) is 45.2 Å². The van der Waals surface area contributed by atoms with Gasteiger partial charge in [0.1, 0.15) is 28.6 Å². The molecule has 0 heterocycles. The first-order valence-electron chi connectivity index (χ1n) is 15.0. The highest BCUT2D eigenvalue weighted by atomic mass is 16.3. The summed E-state index contributed by atoms with van der Waals surface area (Å²) in [5.74, 6) is -5.59. The van der Waals surface area contributed by atoms with Gasteiger partial charge in [-0.15, -0.1) is 0 Å². The van der Waals surface area contributed by atoms with Gasteiger partial charge < -0.3 is 20.4 Å². The zero-order chi connectivity index (χ0) is 31.7. The predicted molar refractivity (Wildman–Crippen MR) is 158 cm³/mol. The lowest BCUT2D eigenvalue weighted by atomic mass is 9.43. The zero-order valence-corrected chi connectivity index (χ0v) is 26.0. The highest BCUT2D eigenvalue weighted by Gasteiger charge is 2.72. The molecule has 4 rings (SSSR count). The Hall–Kier alpha value is -3.26. The summed E-state index contributed by atoms with van der Waals surface area (Å²) in [6.45, 7) is 14.0. The number of benzene rings is 1. The van der Waals surface area contributed by atoms with E-state index in [1.54, 1.807) is 27.7 Å². The fourth-order valence-corrected chi connectivity index (χ4v) is 8.20. The van der Waals surface area contributed by atoms with Crippen LogP contribution in [-0.2, 0) is 32.0 Å². The van der Waals surface area contributed by atoms with Crippen molar-refractivity contribution in [3.63, 3.8) is 0 Å². The molecule has 1 fully saturated rings. The molecule has 0 amide bonds. The Morgan fingerprint density at radius 2 is 1.69 bits per heavy atom. The first-order valence-corrected chi connectivity index (χ1v) is 15.0. The van der Waals surface area contributed by atoms with E-state index in [4.69, 9.17) is 0 Å². The highest BCUT2D eigenvalue weighted by molar-refractivity contribution is 6.24. The average molecular weight is 581 g/mol. The van der Waals surface area contributed by atoms with Crippen LogP contribution in [0.2, 0.25) is 0 Å². The number of aromatic hydroxyl groups is 1. The van der Waals surface area contributed by atoms with Crippen molar-refractivity contribution in [1.29, 1.82) is 0 Å². The lowest BCUT2D eigenvalue weighted by molar-refractivity contribution is -0.178. The quantitative estimate of drug-likeness (QED) is 0.290. The fraction of sp³-hybridized carbons (Fsp3) is 0.588. The summed E-state index contributed by atoms with van der Waals surface area (Å²) in [4.78, 5) is 53.4. The number of rotatable bonds is 8. The second-order valence-corrected chi connectivity index (χ2v) is 13.8. The number of carbonyl (C=O) groups excluding carboxylic acids is 4. The van der Waals surface area contributed by atoms with E-state index < -0.39 is 56.8 Å². The third-order valence-electron chi connectivity index (χ3n) is 9.94. The van der Waals surface area contributed by atoms with Gasteiger partial charge in [-0.2, -0.15) is 0 Å². The minimum Gasteiger partial charge on any atom is -0.508 e. The zero-order valence-electron chi connectivity index (χ0n) is 26.0. The molecule has 1 aromatic carbocycles. The molecular formula is C34H44O8. The average Bonchev–Trinajstić information content (AvgIpc) is 2.85. The number of aliphatic hydroxyl groups excluding tert-OH is 2. The summed E-state index contributed by atoms with van der Waals surface area (Å²) >= 11 is 0. The standard InChI is InChI=1S/C34H44O8/c1-9-10-11-20(36)12-19-13-21(16(2)3)22-14-32(7)15-33(8)25(17(4)5)28(38)23(18(6)35)30(40)34(33,42)31(41)26(32)29(39)24(22)27(19)37/h13,16-17,25,37,39-40,42H,9-12,14-15H2,1-8H3/t25?,32-,33-,34+/m1/s1. The normalized spacial score (nSPS) is 29.2. The molecule has 0 spiro atoms. The summed E-state index contributed by atoms with van der Waals surface area (Å²) in [6, 6.07) is 1.81. The second kappa shape index (κ2) is 10.5. The van der Waals surface area contributed by atoms with Gasteiger partial charge in [-0.3, -0.25) is 19.2 Å². The topological polar surface area (TPSA) is 149 Å². The second-order valence-electron chi connectivity index (χ2n) is 13.8. The number of unbranched alkanes of at least 4 members (excludes halogenated alkanes) is 1. The van der Waals surface area contributed by atoms with Crippen molar-refractivity contribution >= 4 is 28.9 Å². The van der Waals surface area contributed by atoms with Crippen molar-refractivity contribution in [1.82, 2.24) is 0 Å². The molecule has 8 nitrogen and oxygen atoms in total. The fourth-order valence-electron chi connectivity index (χ4n) is 8.20. The summed E-state index contributed by atoms with van der Waals surface area (Å²) in [7, 11) is 0. The Bertz CT molecular complexity index is 1460. The maximum absolute atomic E-state index is 14.5. The van der Waals surface area contributed by atoms with Gasteiger partial charge in [-0.25, -0.2) is 0 Å². The lowest BCUT2D eigenvalue weighted by Crippen LogP contribution is -2.69. The van der Waals surface area contributed by atoms with Crippen LogP contribution < -0.4 is 0 Å². The first-order chi connectivity index (χ1) is 19.4. The number of phenols is 1. The number of Topliss-reactive ketones (excluding diaryl/α,β-unsaturated/α-hetero) is 4. The third kappa shape index (κ3) is 4.28. The van der Waals surface area contributed by atoms with Crippen LogP contribution in [0.4, 0.5) is 0 Å². The van der Waals surface area contributed by atoms with Crippen LogP contribution >= 0.6 is 0 Å². The number of aliphatic hydroxyl groups is 3. The maximum Gasteiger partial charge on any atom is 0.203 e. The number of hydrogen-bond donors (Lipinski definition) is 4. The summed E-state index contributed by atoms with van der Waals surface area (Å²) < 4.78 is 0. The largest absolute Gasteiger partial charge is 0.508 e. The minimum atomic E-state index is -2.65. The molecule has 8 heteroatoms. The summed E-state index contributed by atoms with van der Waals surface area (Å²) in [5.41, 5.74) is -4.12. The van der Waals surface area contributed by atoms with E-state index in [9.17, 15) is 39.6 Å². The van der Waals surface area contributed by atoms with E-state index in [0.29, 0.717) is 17.5 Å². The molecule has 1 saturated carbocycles. The molecular weight excluding hydrogens is 536 g/mol. The van der Waals surface area contributed by atoms with Gasteiger partial charge in [0.2, 0.25) is 5.78 Å². The van der Waals surface area contributed by atoms with Gasteiger partial charge in [0.25, 0.3) is 0 Å². The van der Waals surface area contributed by atoms with E-state index in [-0.39, 0.29) is 53.8 Å². The number of carbonyl (C=O) groups is 4. The number of hydrogen-bond acceptors (Lipinski definition) is 8. The molecule has 3 aliphatic rings. The van der Waals surface area contributed by atoms with Gasteiger partial charge >= 0.3 is 0 Å². The summed E-state index contributed by atoms with van der Waals surface area (Å²) in [5, 5.41) is 46.8. The van der Waals surface area contributed by atoms with Crippen LogP contribution in [-0.4, -0.2) is 49.2 Å². The Balaban J connectivity index is 2.03. The molecule has 3 aliphatic carbocycles. The molecule has 0 aromatic heterocycles. The molecule has 1 aromatic rings. The van der Waals surface area contributed by atoms with Crippen LogP contribution in [0.15, 0.2) is 23.0 Å². The van der Waals surface area contributed by atoms with Crippen molar-refractivity contribution < 1.29 is 39.6 Å². The van der Waals surface area contributed by atoms with Gasteiger partial charge in [0, 0.05) is 40.7 Å². The molecule has 42 heavy (non-hydrogen) atoms. The molecule has 0 radical (unpaired) electrons. The Kier molecular flexibility index (Phi) is 7.90. The Morgan fingerprint density at radius 3 is 2.21 bits per heavy atom. The lowest BCUT2D eigenvalue weighted by Gasteiger charge is -2.60. The van der Waals surface area contributed by atoms with Crippen molar-refractivity contribution in [2.45, 2.75) is 105 Å². The van der Waals surface area contributed by atoms with Crippen LogP contribution in [0.1, 0.15) is 109 Å². The molecule has 4 N–H and O–H groups in total. The van der Waals surface area contributed by atoms with E-state index in [1.165, 1.54) is 0 Å². The third-order valence-corrected chi connectivity index (χ3v) is 9.94. The number of fused-ring (bicyclic) bond motifs is 3. The minimum absolute atomic E-state index is 0.0294. The summed E-state index contributed by atoms with van der Waals surface area (Å²) in [6.07, 6.45) is 2.16. The highest BCUT2D eigenvalue weighted by Crippen LogP contribution is 2.65. The van der Waals surface area contributed by atoms with Gasteiger partial charge in [-0.05, 0) is 49.1 Å². The van der Waals surface area contributed by atoms with Crippen molar-refractivity contribution in [2.75, 3.05) is 0 Å². The smallest absolute Gasteiger partial charge is 0.203 e. The van der Waals surface area contributed by atoms with E-state index in [2.05, 4.69) is 0 Å². The predicted octanol–water partition coefficient (Wildman–Crippen LogP) is 5.62. The maximum atomic E-state index is 14.5. The molecule has 0 saturated heterocycles. The van der Waals surface area contributed by atoms with Gasteiger partial charge in [0.15, 0.2) is 17.2 Å². The van der Waals surface area contributed by atoms with E-state index >= 15 is 0 Å². The molecule has 0 aliphatic heterocycles. The Morgan fingerprint density at radius 1 is 1.07 bits per heavy atom. The number of allylic oxidation sites excluding steroid dienone is 1. The van der Waals surface area contributed by atoms with Crippen molar-refractivity contribution in [3.8, 4) is 5.75 Å². The number of ketones is 4. The van der Waals surface area contributed by atoms with Crippen LogP contribution in [0.3, 0.4) is 0 Å². The molecule has 228 valence electrons. The molecule has 4 atom stereocenters. The van der Waals surface area contributed by atoms with Gasteiger partial charge in [-0.1, -0.05) is 61.0 Å². The molecule has 0 bridgehead atoms. The SMILES string of the molecule is CCCCC(=O)Cc1cc(C(C)C)c2c(c1O)C(O)=C1C(=O)[C@@]3(O)C(O)=C(C(C)=O)C(=O)C(C(C)C)[C@@]3(C)C[C@@]1(C)C2. The van der Waals surface area contributed by atoms with Crippen molar-refractivity contribution in [2.24, 2.45) is 22.7 Å². The van der Waals surface area contributed by atoms with Crippen LogP contribution in [0.25, 0.3) is 5.76 Å². The van der Waals surface area contributed by atoms with Crippen LogP contribution in [0, 0.1) is 22.7 Å². The first kappa shape index (κ1) is 31.7. The van der Waals surface area contributed by atoms with E-state index in [0.717, 1.165) is 25.3 Å². The monoisotopic (exact) mass is 580 g/mol. The van der Waals surface area contributed by atoms with E-state index in [1.807, 2.05) is 26.8 Å². The van der Waals surface area contributed by atoms with Crippen LogP contribution in [0.5, 0.6) is 5.75 Å².